The molecule has 2 fully saturated rings. The molecular weight excluding hydrogens is 212 g/mol. The molecule has 1 unspecified atom stereocenters. The lowest BCUT2D eigenvalue weighted by atomic mass is 9.57. The largest absolute Gasteiger partial charge is 0.381 e. The maximum Gasteiger partial charge on any atom is 0.127 e. The summed E-state index contributed by atoms with van der Waals surface area (Å²) in [5.41, 5.74) is 0.0155. The lowest BCUT2D eigenvalue weighted by Crippen LogP contribution is -2.48. The molecule has 0 aromatic carbocycles. The van der Waals surface area contributed by atoms with Crippen LogP contribution in [0.1, 0.15) is 58.8 Å². The molecule has 2 nitrogen and oxygen atoms in total. The fourth-order valence-electron chi connectivity index (χ4n) is 4.36. The minimum Gasteiger partial charge on any atom is -0.381 e. The zero-order valence-electron chi connectivity index (χ0n) is 11.5. The average molecular weight is 238 g/mol. The van der Waals surface area contributed by atoms with Crippen molar-refractivity contribution >= 4 is 6.29 Å². The van der Waals surface area contributed by atoms with Crippen molar-refractivity contribution in [2.45, 2.75) is 64.9 Å². The van der Waals surface area contributed by atoms with Crippen LogP contribution in [0.3, 0.4) is 0 Å². The second kappa shape index (κ2) is 4.72. The highest BCUT2D eigenvalue weighted by Gasteiger charge is 2.55. The van der Waals surface area contributed by atoms with E-state index in [1.54, 1.807) is 0 Å². The third-order valence-corrected chi connectivity index (χ3v) is 5.53. The summed E-state index contributed by atoms with van der Waals surface area (Å²) in [7, 11) is 1.81. The second-order valence-electron chi connectivity index (χ2n) is 6.56. The number of hydrogen-bond donors (Lipinski definition) is 0. The summed E-state index contributed by atoms with van der Waals surface area (Å²) in [6.07, 6.45) is 9.83. The van der Waals surface area contributed by atoms with Crippen molar-refractivity contribution in [2.75, 3.05) is 7.11 Å². The molecule has 0 heterocycles. The van der Waals surface area contributed by atoms with Gasteiger partial charge < -0.3 is 9.53 Å². The van der Waals surface area contributed by atoms with E-state index in [1.165, 1.54) is 38.4 Å². The molecule has 2 saturated carbocycles. The van der Waals surface area contributed by atoms with E-state index in [1.807, 2.05) is 7.11 Å². The van der Waals surface area contributed by atoms with Gasteiger partial charge in [-0.2, -0.15) is 0 Å². The lowest BCUT2D eigenvalue weighted by Gasteiger charge is -2.47. The zero-order valence-corrected chi connectivity index (χ0v) is 11.5. The molecule has 2 heteroatoms. The van der Waals surface area contributed by atoms with Crippen LogP contribution in [0.25, 0.3) is 0 Å². The third kappa shape index (κ3) is 1.95. The highest BCUT2D eigenvalue weighted by molar-refractivity contribution is 5.62. The number of rotatable bonds is 3. The van der Waals surface area contributed by atoms with Crippen LogP contribution < -0.4 is 0 Å². The van der Waals surface area contributed by atoms with Crippen LogP contribution >= 0.6 is 0 Å². The van der Waals surface area contributed by atoms with Crippen molar-refractivity contribution in [1.82, 2.24) is 0 Å². The molecule has 2 aliphatic rings. The van der Waals surface area contributed by atoms with Gasteiger partial charge in [-0.15, -0.1) is 0 Å². The van der Waals surface area contributed by atoms with Gasteiger partial charge in [-0.3, -0.25) is 0 Å². The Balaban J connectivity index is 2.30. The summed E-state index contributed by atoms with van der Waals surface area (Å²) in [6, 6.07) is 0. The quantitative estimate of drug-likeness (QED) is 0.702. The topological polar surface area (TPSA) is 26.3 Å². The van der Waals surface area contributed by atoms with Gasteiger partial charge >= 0.3 is 0 Å². The molecule has 2 rings (SSSR count). The van der Waals surface area contributed by atoms with Gasteiger partial charge in [-0.25, -0.2) is 0 Å². The molecule has 0 bridgehead atoms. The summed E-state index contributed by atoms with van der Waals surface area (Å²) >= 11 is 0. The zero-order chi connectivity index (χ0) is 12.5. The Kier molecular flexibility index (Phi) is 3.63. The van der Waals surface area contributed by atoms with Crippen LogP contribution in [-0.2, 0) is 9.53 Å². The van der Waals surface area contributed by atoms with E-state index in [0.29, 0.717) is 12.0 Å². The van der Waals surface area contributed by atoms with Crippen molar-refractivity contribution in [3.63, 3.8) is 0 Å². The first kappa shape index (κ1) is 13.1. The highest BCUT2D eigenvalue weighted by atomic mass is 16.5. The first-order valence-corrected chi connectivity index (χ1v) is 7.06. The third-order valence-electron chi connectivity index (χ3n) is 5.53. The van der Waals surface area contributed by atoms with Crippen molar-refractivity contribution in [1.29, 1.82) is 0 Å². The fourth-order valence-corrected chi connectivity index (χ4v) is 4.36. The van der Waals surface area contributed by atoms with E-state index in [4.69, 9.17) is 4.74 Å². The summed E-state index contributed by atoms with van der Waals surface area (Å²) in [5.74, 6) is 0.441. The Labute approximate surface area is 105 Å². The fraction of sp³-hybridized carbons (Fsp3) is 0.933. The van der Waals surface area contributed by atoms with Crippen molar-refractivity contribution in [2.24, 2.45) is 16.7 Å². The van der Waals surface area contributed by atoms with E-state index in [-0.39, 0.29) is 10.8 Å². The van der Waals surface area contributed by atoms with Gasteiger partial charge in [0.2, 0.25) is 0 Å². The summed E-state index contributed by atoms with van der Waals surface area (Å²) in [5, 5.41) is 0. The van der Waals surface area contributed by atoms with Crippen molar-refractivity contribution < 1.29 is 9.53 Å². The SMILES string of the molecule is CO[C@H]1CCCC[C@@H]1C1(C=O)CCCC1(C)C. The number of aldehydes is 1. The summed E-state index contributed by atoms with van der Waals surface area (Å²) in [4.78, 5) is 11.8. The molecule has 0 aliphatic heterocycles. The number of ether oxygens (including phenoxy) is 1. The van der Waals surface area contributed by atoms with Crippen LogP contribution in [0.4, 0.5) is 0 Å². The van der Waals surface area contributed by atoms with E-state index in [2.05, 4.69) is 13.8 Å². The van der Waals surface area contributed by atoms with Crippen molar-refractivity contribution in [3.8, 4) is 0 Å². The smallest absolute Gasteiger partial charge is 0.127 e. The Morgan fingerprint density at radius 2 is 1.82 bits per heavy atom. The van der Waals surface area contributed by atoms with Gasteiger partial charge in [0.1, 0.15) is 6.29 Å². The average Bonchev–Trinajstić information content (AvgIpc) is 2.65. The lowest BCUT2D eigenvalue weighted by molar-refractivity contribution is -0.135. The van der Waals surface area contributed by atoms with Crippen LogP contribution in [0, 0.1) is 16.7 Å². The van der Waals surface area contributed by atoms with Gasteiger partial charge in [0.15, 0.2) is 0 Å². The van der Waals surface area contributed by atoms with E-state index >= 15 is 0 Å². The maximum absolute atomic E-state index is 11.8. The molecule has 2 aliphatic carbocycles. The van der Waals surface area contributed by atoms with Crippen LogP contribution in [0.15, 0.2) is 0 Å². The molecule has 98 valence electrons. The van der Waals surface area contributed by atoms with Gasteiger partial charge in [0.25, 0.3) is 0 Å². The molecule has 0 N–H and O–H groups in total. The molecule has 0 aromatic rings. The van der Waals surface area contributed by atoms with E-state index in [0.717, 1.165) is 12.8 Å². The monoisotopic (exact) mass is 238 g/mol. The van der Waals surface area contributed by atoms with Crippen molar-refractivity contribution in [3.05, 3.63) is 0 Å². The van der Waals surface area contributed by atoms with Gasteiger partial charge in [-0.05, 0) is 37.0 Å². The predicted octanol–water partition coefficient (Wildman–Crippen LogP) is 3.59. The first-order valence-electron chi connectivity index (χ1n) is 7.06. The standard InChI is InChI=1S/C15H26O2/c1-14(2)9-6-10-15(14,11-16)12-7-4-5-8-13(12)17-3/h11-13H,4-10H2,1-3H3/t12-,13-,15?/m0/s1. The molecule has 0 radical (unpaired) electrons. The van der Waals surface area contributed by atoms with Crippen LogP contribution in [0.2, 0.25) is 0 Å². The minimum atomic E-state index is -0.131. The Morgan fingerprint density at radius 3 is 2.35 bits per heavy atom. The number of methoxy groups -OCH3 is 1. The molecule has 3 atom stereocenters. The highest BCUT2D eigenvalue weighted by Crippen LogP contribution is 2.58. The summed E-state index contributed by atoms with van der Waals surface area (Å²) < 4.78 is 5.68. The minimum absolute atomic E-state index is 0.131. The van der Waals surface area contributed by atoms with Gasteiger partial charge in [0, 0.05) is 12.5 Å². The van der Waals surface area contributed by atoms with Gasteiger partial charge in [0.05, 0.1) is 6.10 Å². The van der Waals surface area contributed by atoms with Gasteiger partial charge in [-0.1, -0.05) is 33.1 Å². The van der Waals surface area contributed by atoms with Crippen LogP contribution in [-0.4, -0.2) is 19.5 Å². The molecule has 0 spiro atoms. The number of hydrogen-bond acceptors (Lipinski definition) is 2. The first-order chi connectivity index (χ1) is 8.07. The molecule has 0 saturated heterocycles. The summed E-state index contributed by atoms with van der Waals surface area (Å²) in [6.45, 7) is 4.55. The molecule has 17 heavy (non-hydrogen) atoms. The second-order valence-corrected chi connectivity index (χ2v) is 6.56. The van der Waals surface area contributed by atoms with E-state index < -0.39 is 0 Å². The predicted molar refractivity (Wildman–Crippen MR) is 68.9 cm³/mol. The Bertz CT molecular complexity index is 285. The molecule has 0 amide bonds. The molecular formula is C15H26O2. The van der Waals surface area contributed by atoms with E-state index in [9.17, 15) is 4.79 Å². The number of carbonyl (C=O) groups excluding carboxylic acids is 1. The maximum atomic E-state index is 11.8. The van der Waals surface area contributed by atoms with Crippen LogP contribution in [0.5, 0.6) is 0 Å². The number of carbonyl (C=O) groups is 1. The molecule has 0 aromatic heterocycles. The Hall–Kier alpha value is -0.370. The normalized spacial score (nSPS) is 41.4. The Morgan fingerprint density at radius 1 is 1.12 bits per heavy atom.